The summed E-state index contributed by atoms with van der Waals surface area (Å²) in [5.41, 5.74) is 0.396. The molecule has 1 saturated heterocycles. The van der Waals surface area contributed by atoms with Gasteiger partial charge in [-0.2, -0.15) is 0 Å². The number of nitrogens with one attached hydrogen (secondary N) is 1. The van der Waals surface area contributed by atoms with Crippen molar-refractivity contribution < 1.29 is 0 Å². The molecule has 1 N–H and O–H groups in total. The predicted molar refractivity (Wildman–Crippen MR) is 90.6 cm³/mol. The van der Waals surface area contributed by atoms with Gasteiger partial charge in [-0.1, -0.05) is 52.9 Å². The second kappa shape index (κ2) is 6.58. The van der Waals surface area contributed by atoms with Gasteiger partial charge in [0.1, 0.15) is 0 Å². The summed E-state index contributed by atoms with van der Waals surface area (Å²) in [6.07, 6.45) is 13.2. The van der Waals surface area contributed by atoms with Crippen molar-refractivity contribution in [3.8, 4) is 0 Å². The van der Waals surface area contributed by atoms with Crippen LogP contribution in [-0.2, 0) is 0 Å². The molecule has 0 amide bonds. The Morgan fingerprint density at radius 3 is 2.10 bits per heavy atom. The summed E-state index contributed by atoms with van der Waals surface area (Å²) in [5, 5.41) is 3.96. The van der Waals surface area contributed by atoms with E-state index in [1.54, 1.807) is 0 Å². The molecular weight excluding hydrogens is 256 g/mol. The van der Waals surface area contributed by atoms with Crippen molar-refractivity contribution >= 4 is 0 Å². The summed E-state index contributed by atoms with van der Waals surface area (Å²) in [5.74, 6) is 0.948. The second-order valence-corrected chi connectivity index (χ2v) is 8.93. The third-order valence-electron chi connectivity index (χ3n) is 6.39. The lowest BCUT2D eigenvalue weighted by atomic mass is 9.78. The van der Waals surface area contributed by atoms with Gasteiger partial charge in [0.25, 0.3) is 0 Å². The average molecular weight is 293 g/mol. The van der Waals surface area contributed by atoms with E-state index in [1.165, 1.54) is 70.9 Å². The third kappa shape index (κ3) is 3.64. The van der Waals surface area contributed by atoms with E-state index in [-0.39, 0.29) is 0 Å². The molecule has 0 bridgehead atoms. The molecule has 2 heteroatoms. The molecule has 1 heterocycles. The van der Waals surface area contributed by atoms with E-state index < -0.39 is 0 Å². The molecule has 2 unspecified atom stereocenters. The zero-order valence-corrected chi connectivity index (χ0v) is 14.5. The molecule has 2 atom stereocenters. The minimum absolute atomic E-state index is 0.396. The fraction of sp³-hybridized carbons (Fsp3) is 1.00. The van der Waals surface area contributed by atoms with Crippen LogP contribution in [0.3, 0.4) is 0 Å². The lowest BCUT2D eigenvalue weighted by molar-refractivity contribution is 0.00782. The molecule has 21 heavy (non-hydrogen) atoms. The lowest BCUT2D eigenvalue weighted by Gasteiger charge is -2.51. The van der Waals surface area contributed by atoms with Gasteiger partial charge in [-0.05, 0) is 37.0 Å². The normalized spacial score (nSPS) is 34.4. The Morgan fingerprint density at radius 2 is 1.48 bits per heavy atom. The van der Waals surface area contributed by atoms with Crippen molar-refractivity contribution in [3.05, 3.63) is 0 Å². The fourth-order valence-corrected chi connectivity index (χ4v) is 5.09. The van der Waals surface area contributed by atoms with Crippen molar-refractivity contribution in [2.24, 2.45) is 11.3 Å². The van der Waals surface area contributed by atoms with Crippen molar-refractivity contribution in [3.63, 3.8) is 0 Å². The first-order valence-electron chi connectivity index (χ1n) is 9.55. The number of hydrogen-bond acceptors (Lipinski definition) is 2. The van der Waals surface area contributed by atoms with Gasteiger partial charge in [0, 0.05) is 31.2 Å². The lowest BCUT2D eigenvalue weighted by Crippen LogP contribution is -2.64. The standard InChI is InChI=1S/C19H36N2/c1-19(2,3)18-13-20-17(15-9-5-4-6-10-15)14-21(18)16-11-7-8-12-16/h15-18,20H,4-14H2,1-3H3. The smallest absolute Gasteiger partial charge is 0.0272 e. The van der Waals surface area contributed by atoms with E-state index in [9.17, 15) is 0 Å². The number of rotatable bonds is 2. The maximum Gasteiger partial charge on any atom is 0.0272 e. The van der Waals surface area contributed by atoms with Crippen LogP contribution < -0.4 is 5.32 Å². The maximum atomic E-state index is 3.96. The van der Waals surface area contributed by atoms with Gasteiger partial charge >= 0.3 is 0 Å². The van der Waals surface area contributed by atoms with Crippen molar-refractivity contribution in [2.75, 3.05) is 13.1 Å². The van der Waals surface area contributed by atoms with E-state index in [2.05, 4.69) is 31.0 Å². The largest absolute Gasteiger partial charge is 0.311 e. The van der Waals surface area contributed by atoms with E-state index in [4.69, 9.17) is 0 Å². The van der Waals surface area contributed by atoms with Crippen LogP contribution >= 0.6 is 0 Å². The summed E-state index contributed by atoms with van der Waals surface area (Å²) in [6, 6.07) is 2.37. The minimum atomic E-state index is 0.396. The van der Waals surface area contributed by atoms with Crippen LogP contribution in [0.1, 0.15) is 78.6 Å². The van der Waals surface area contributed by atoms with Crippen molar-refractivity contribution in [1.82, 2.24) is 10.2 Å². The molecule has 0 spiro atoms. The molecule has 1 aliphatic heterocycles. The molecule has 0 aromatic rings. The molecular formula is C19H36N2. The Hall–Kier alpha value is -0.0800. The van der Waals surface area contributed by atoms with Gasteiger partial charge in [-0.15, -0.1) is 0 Å². The minimum Gasteiger partial charge on any atom is -0.311 e. The van der Waals surface area contributed by atoms with E-state index in [0.29, 0.717) is 5.41 Å². The fourth-order valence-electron chi connectivity index (χ4n) is 5.09. The van der Waals surface area contributed by atoms with E-state index in [0.717, 1.165) is 24.0 Å². The van der Waals surface area contributed by atoms with Crippen LogP contribution in [0.2, 0.25) is 0 Å². The van der Waals surface area contributed by atoms with Crippen molar-refractivity contribution in [1.29, 1.82) is 0 Å². The predicted octanol–water partition coefficient (Wildman–Crippen LogP) is 4.20. The molecule has 0 aromatic heterocycles. The van der Waals surface area contributed by atoms with E-state index >= 15 is 0 Å². The molecule has 2 aliphatic carbocycles. The van der Waals surface area contributed by atoms with Gasteiger partial charge < -0.3 is 5.32 Å². The van der Waals surface area contributed by atoms with Crippen LogP contribution in [0.25, 0.3) is 0 Å². The topological polar surface area (TPSA) is 15.3 Å². The summed E-state index contributed by atoms with van der Waals surface area (Å²) < 4.78 is 0. The SMILES string of the molecule is CC(C)(C)C1CNC(C2CCCCC2)CN1C1CCCC1. The molecule has 0 radical (unpaired) electrons. The third-order valence-corrected chi connectivity index (χ3v) is 6.39. The number of nitrogens with zero attached hydrogens (tertiary/aromatic N) is 1. The summed E-state index contributed by atoms with van der Waals surface area (Å²) in [7, 11) is 0. The van der Waals surface area contributed by atoms with Crippen LogP contribution in [0.15, 0.2) is 0 Å². The highest BCUT2D eigenvalue weighted by molar-refractivity contribution is 4.98. The Morgan fingerprint density at radius 1 is 0.857 bits per heavy atom. The summed E-state index contributed by atoms with van der Waals surface area (Å²) in [6.45, 7) is 9.82. The molecule has 2 nitrogen and oxygen atoms in total. The zero-order valence-electron chi connectivity index (χ0n) is 14.5. The van der Waals surface area contributed by atoms with Crippen LogP contribution in [0.5, 0.6) is 0 Å². The molecule has 2 saturated carbocycles. The number of hydrogen-bond donors (Lipinski definition) is 1. The molecule has 3 aliphatic rings. The molecule has 3 fully saturated rings. The quantitative estimate of drug-likeness (QED) is 0.820. The monoisotopic (exact) mass is 292 g/mol. The van der Waals surface area contributed by atoms with Gasteiger partial charge in [0.15, 0.2) is 0 Å². The Bertz CT molecular complexity index is 321. The Labute approximate surface area is 132 Å². The molecule has 122 valence electrons. The first kappa shape index (κ1) is 15.8. The summed E-state index contributed by atoms with van der Waals surface area (Å²) >= 11 is 0. The second-order valence-electron chi connectivity index (χ2n) is 8.93. The van der Waals surface area contributed by atoms with Crippen LogP contribution in [-0.4, -0.2) is 36.1 Å². The Kier molecular flexibility index (Phi) is 4.95. The van der Waals surface area contributed by atoms with E-state index in [1.807, 2.05) is 0 Å². The maximum absolute atomic E-state index is 3.96. The highest BCUT2D eigenvalue weighted by atomic mass is 15.3. The van der Waals surface area contributed by atoms with Crippen LogP contribution in [0, 0.1) is 11.3 Å². The molecule has 0 aromatic carbocycles. The number of piperazine rings is 1. The zero-order chi connectivity index (χ0) is 14.9. The first-order valence-corrected chi connectivity index (χ1v) is 9.55. The first-order chi connectivity index (χ1) is 10.1. The highest BCUT2D eigenvalue weighted by Gasteiger charge is 2.41. The van der Waals surface area contributed by atoms with Gasteiger partial charge in [-0.3, -0.25) is 4.90 Å². The van der Waals surface area contributed by atoms with Gasteiger partial charge in [-0.25, -0.2) is 0 Å². The van der Waals surface area contributed by atoms with Gasteiger partial charge in [0.2, 0.25) is 0 Å². The average Bonchev–Trinajstić information content (AvgIpc) is 3.01. The highest BCUT2D eigenvalue weighted by Crippen LogP contribution is 2.36. The Balaban J connectivity index is 1.69. The van der Waals surface area contributed by atoms with Crippen LogP contribution in [0.4, 0.5) is 0 Å². The molecule has 3 rings (SSSR count). The van der Waals surface area contributed by atoms with Crippen molar-refractivity contribution in [2.45, 2.75) is 96.7 Å². The van der Waals surface area contributed by atoms with Gasteiger partial charge in [0.05, 0.1) is 0 Å². The summed E-state index contributed by atoms with van der Waals surface area (Å²) in [4.78, 5) is 2.93.